The molecule has 1 aromatic heterocycles. The first-order valence-corrected chi connectivity index (χ1v) is 6.19. The molecule has 0 unspecified atom stereocenters. The minimum Gasteiger partial charge on any atom is -0.286 e. The molecule has 2 aromatic rings. The van der Waals surface area contributed by atoms with Crippen molar-refractivity contribution in [2.45, 2.75) is 13.1 Å². The fourth-order valence-corrected chi connectivity index (χ4v) is 2.22. The summed E-state index contributed by atoms with van der Waals surface area (Å²) in [4.78, 5) is 25.7. The molecule has 0 aliphatic carbocycles. The Balaban J connectivity index is 1.98. The van der Waals surface area contributed by atoms with E-state index in [1.807, 2.05) is 0 Å². The van der Waals surface area contributed by atoms with Crippen molar-refractivity contribution in [3.05, 3.63) is 45.6 Å². The summed E-state index contributed by atoms with van der Waals surface area (Å²) in [5.41, 5.74) is 0.146. The summed E-state index contributed by atoms with van der Waals surface area (Å²) < 4.78 is 2.14. The number of anilines is 1. The average molecular weight is 289 g/mol. The number of hydrogen-bond acceptors (Lipinski definition) is 3. The van der Waals surface area contributed by atoms with Crippen LogP contribution in [-0.2, 0) is 13.1 Å². The molecule has 0 saturated heterocycles. The summed E-state index contributed by atoms with van der Waals surface area (Å²) in [5.74, 6) is 2.70. The molecule has 7 heteroatoms. The number of rotatable bonds is 2. The van der Waals surface area contributed by atoms with Gasteiger partial charge in [0.15, 0.2) is 5.82 Å². The Morgan fingerprint density at radius 3 is 2.60 bits per heavy atom. The van der Waals surface area contributed by atoms with E-state index >= 15 is 0 Å². The van der Waals surface area contributed by atoms with Gasteiger partial charge in [0, 0.05) is 10.7 Å². The number of benzene rings is 1. The maximum Gasteiger partial charge on any atom is 0.355 e. The Hall–Kier alpha value is -2.52. The van der Waals surface area contributed by atoms with Crippen LogP contribution in [0.25, 0.3) is 0 Å². The topological polar surface area (TPSA) is 60.1 Å². The molecule has 100 valence electrons. The van der Waals surface area contributed by atoms with Gasteiger partial charge < -0.3 is 0 Å². The van der Waals surface area contributed by atoms with Crippen LogP contribution in [-0.4, -0.2) is 20.4 Å². The van der Waals surface area contributed by atoms with Gasteiger partial charge in [0.05, 0.1) is 6.54 Å². The number of carbonyl (C=O) groups is 1. The number of terminal acetylenes is 1. The lowest BCUT2D eigenvalue weighted by atomic mass is 10.3. The van der Waals surface area contributed by atoms with Gasteiger partial charge in [-0.2, -0.15) is 9.67 Å². The van der Waals surface area contributed by atoms with E-state index in [1.165, 1.54) is 4.90 Å². The Kier molecular flexibility index (Phi) is 2.84. The Labute approximate surface area is 119 Å². The second kappa shape index (κ2) is 4.54. The second-order valence-electron chi connectivity index (χ2n) is 4.24. The van der Waals surface area contributed by atoms with Crippen molar-refractivity contribution in [2.24, 2.45) is 0 Å². The molecule has 20 heavy (non-hydrogen) atoms. The van der Waals surface area contributed by atoms with Crippen molar-refractivity contribution in [1.29, 1.82) is 0 Å². The van der Waals surface area contributed by atoms with E-state index in [4.69, 9.17) is 18.0 Å². The first-order valence-electron chi connectivity index (χ1n) is 5.81. The zero-order chi connectivity index (χ0) is 14.3. The van der Waals surface area contributed by atoms with Gasteiger partial charge in [-0.15, -0.1) is 6.42 Å². The highest BCUT2D eigenvalue weighted by Crippen LogP contribution is 2.23. The van der Waals surface area contributed by atoms with Crippen LogP contribution in [0.2, 0.25) is 5.02 Å². The van der Waals surface area contributed by atoms with Gasteiger partial charge in [-0.25, -0.2) is 14.3 Å². The predicted molar refractivity (Wildman–Crippen MR) is 73.7 cm³/mol. The van der Waals surface area contributed by atoms with Crippen LogP contribution in [0.3, 0.4) is 0 Å². The molecule has 1 aromatic carbocycles. The fraction of sp³-hybridized carbons (Fsp3) is 0.154. The molecule has 0 fully saturated rings. The van der Waals surface area contributed by atoms with Crippen LogP contribution in [0, 0.1) is 12.3 Å². The number of fused-ring (bicyclic) bond motifs is 1. The molecule has 0 bridgehead atoms. The van der Waals surface area contributed by atoms with Crippen molar-refractivity contribution in [1.82, 2.24) is 14.3 Å². The molecule has 0 radical (unpaired) electrons. The first kappa shape index (κ1) is 12.5. The minimum atomic E-state index is -0.514. The fourth-order valence-electron chi connectivity index (χ4n) is 2.09. The highest BCUT2D eigenvalue weighted by Gasteiger charge is 2.33. The molecular weight excluding hydrogens is 280 g/mol. The third kappa shape index (κ3) is 1.80. The molecule has 0 spiro atoms. The van der Waals surface area contributed by atoms with Gasteiger partial charge in [0.1, 0.15) is 6.54 Å². The van der Waals surface area contributed by atoms with Crippen LogP contribution in [0.4, 0.5) is 10.5 Å². The first-order chi connectivity index (χ1) is 9.61. The van der Waals surface area contributed by atoms with Gasteiger partial charge in [-0.1, -0.05) is 17.5 Å². The SMILES string of the molecule is C#CCn1nc2n(c1=O)C(=O)N(c1ccc(Cl)cc1)C2. The lowest BCUT2D eigenvalue weighted by molar-refractivity contribution is 0.250. The van der Waals surface area contributed by atoms with Crippen molar-refractivity contribution >= 4 is 23.3 Å². The molecule has 1 amide bonds. The van der Waals surface area contributed by atoms with Crippen molar-refractivity contribution < 1.29 is 4.79 Å². The number of aromatic nitrogens is 3. The molecule has 6 nitrogen and oxygen atoms in total. The number of hydrogen-bond donors (Lipinski definition) is 0. The van der Waals surface area contributed by atoms with Gasteiger partial charge in [0.25, 0.3) is 0 Å². The van der Waals surface area contributed by atoms with Crippen molar-refractivity contribution in [3.63, 3.8) is 0 Å². The maximum atomic E-state index is 12.3. The smallest absolute Gasteiger partial charge is 0.286 e. The van der Waals surface area contributed by atoms with Crippen LogP contribution >= 0.6 is 11.6 Å². The van der Waals surface area contributed by atoms with Gasteiger partial charge in [0.2, 0.25) is 0 Å². The quantitative estimate of drug-likeness (QED) is 0.783. The zero-order valence-electron chi connectivity index (χ0n) is 10.3. The lowest BCUT2D eigenvalue weighted by Crippen LogP contribution is -2.34. The number of halogens is 1. The summed E-state index contributed by atoms with van der Waals surface area (Å²) in [6.07, 6.45) is 5.15. The van der Waals surface area contributed by atoms with Crippen molar-refractivity contribution in [3.8, 4) is 12.3 Å². The normalized spacial score (nSPS) is 13.4. The van der Waals surface area contributed by atoms with E-state index in [-0.39, 0.29) is 13.1 Å². The van der Waals surface area contributed by atoms with E-state index in [9.17, 15) is 9.59 Å². The Morgan fingerprint density at radius 2 is 2.00 bits per heavy atom. The maximum absolute atomic E-state index is 12.3. The van der Waals surface area contributed by atoms with E-state index in [2.05, 4.69) is 11.0 Å². The van der Waals surface area contributed by atoms with E-state index < -0.39 is 11.7 Å². The van der Waals surface area contributed by atoms with E-state index in [0.29, 0.717) is 16.5 Å². The summed E-state index contributed by atoms with van der Waals surface area (Å²) in [6, 6.07) is 6.36. The number of nitrogens with zero attached hydrogens (tertiary/aromatic N) is 4. The molecular formula is C13H9ClN4O2. The average Bonchev–Trinajstić information content (AvgIpc) is 2.90. The van der Waals surface area contributed by atoms with Gasteiger partial charge >= 0.3 is 11.7 Å². The van der Waals surface area contributed by atoms with Crippen LogP contribution in [0.1, 0.15) is 5.82 Å². The third-order valence-corrected chi connectivity index (χ3v) is 3.26. The largest absolute Gasteiger partial charge is 0.355 e. The molecule has 0 atom stereocenters. The summed E-state index contributed by atoms with van der Waals surface area (Å²) in [5, 5.41) is 4.64. The highest BCUT2D eigenvalue weighted by atomic mass is 35.5. The standard InChI is InChI=1S/C13H9ClN4O2/c1-2-7-17-13(20)18-11(15-17)8-16(12(18)19)10-5-3-9(14)4-6-10/h1,3-6H,7-8H2. The van der Waals surface area contributed by atoms with Crippen LogP contribution in [0.15, 0.2) is 29.1 Å². The molecule has 2 heterocycles. The number of carbonyl (C=O) groups excluding carboxylic acids is 1. The van der Waals surface area contributed by atoms with Crippen molar-refractivity contribution in [2.75, 3.05) is 4.90 Å². The van der Waals surface area contributed by atoms with Gasteiger partial charge in [-0.3, -0.25) is 4.90 Å². The zero-order valence-corrected chi connectivity index (χ0v) is 11.0. The Bertz CT molecular complexity index is 782. The minimum absolute atomic E-state index is 0.0487. The Morgan fingerprint density at radius 1 is 1.30 bits per heavy atom. The second-order valence-corrected chi connectivity index (χ2v) is 4.68. The summed E-state index contributed by atoms with van der Waals surface area (Å²) >= 11 is 5.81. The molecule has 1 aliphatic heterocycles. The lowest BCUT2D eigenvalue weighted by Gasteiger charge is -2.14. The number of amides is 1. The van der Waals surface area contributed by atoms with Crippen LogP contribution < -0.4 is 10.6 Å². The molecule has 3 rings (SSSR count). The predicted octanol–water partition coefficient (Wildman–Crippen LogP) is 1.32. The summed E-state index contributed by atoms with van der Waals surface area (Å²) in [7, 11) is 0. The summed E-state index contributed by atoms with van der Waals surface area (Å²) in [6.45, 7) is 0.278. The van der Waals surface area contributed by atoms with E-state index in [0.717, 1.165) is 9.25 Å². The highest BCUT2D eigenvalue weighted by molar-refractivity contribution is 6.30. The monoisotopic (exact) mass is 288 g/mol. The van der Waals surface area contributed by atoms with Crippen LogP contribution in [0.5, 0.6) is 0 Å². The molecule has 0 saturated carbocycles. The molecule has 1 aliphatic rings. The van der Waals surface area contributed by atoms with E-state index in [1.54, 1.807) is 24.3 Å². The third-order valence-electron chi connectivity index (χ3n) is 3.01. The molecule has 0 N–H and O–H groups in total. The van der Waals surface area contributed by atoms with Gasteiger partial charge in [-0.05, 0) is 24.3 Å².